The number of fused-ring (bicyclic) bond motifs is 11. The lowest BCUT2D eigenvalue weighted by Crippen LogP contribution is -2.27. The fourth-order valence-corrected chi connectivity index (χ4v) is 9.83. The first-order valence-electron chi connectivity index (χ1n) is 19.6. The number of nitrogens with zero attached hydrogens (tertiary/aromatic N) is 1. The van der Waals surface area contributed by atoms with Gasteiger partial charge in [0.25, 0.3) is 0 Å². The number of rotatable bonds is 5. The van der Waals surface area contributed by atoms with E-state index in [1.165, 1.54) is 94.3 Å². The van der Waals surface area contributed by atoms with Gasteiger partial charge in [-0.2, -0.15) is 0 Å². The second-order valence-corrected chi connectivity index (χ2v) is 15.3. The van der Waals surface area contributed by atoms with Gasteiger partial charge in [0.05, 0.1) is 11.1 Å². The van der Waals surface area contributed by atoms with Crippen molar-refractivity contribution in [2.75, 3.05) is 4.90 Å². The Morgan fingerprint density at radius 3 is 1.62 bits per heavy atom. The van der Waals surface area contributed by atoms with E-state index in [1.54, 1.807) is 0 Å². The summed E-state index contributed by atoms with van der Waals surface area (Å²) in [5.41, 5.74) is 21.2. The summed E-state index contributed by atoms with van der Waals surface area (Å²) in [4.78, 5) is 2.50. The van der Waals surface area contributed by atoms with Crippen molar-refractivity contribution in [3.8, 4) is 44.5 Å². The summed E-state index contributed by atoms with van der Waals surface area (Å²) in [5, 5.41) is 2.51. The van der Waals surface area contributed by atoms with E-state index >= 15 is 0 Å². The molecule has 0 aromatic heterocycles. The number of hydrogen-bond donors (Lipinski definition) is 0. The van der Waals surface area contributed by atoms with Gasteiger partial charge in [0.1, 0.15) is 0 Å². The minimum atomic E-state index is -0.429. The zero-order valence-corrected chi connectivity index (χ0v) is 31.5. The Kier molecular flexibility index (Phi) is 7.28. The average molecular weight is 714 g/mol. The summed E-state index contributed by atoms with van der Waals surface area (Å²) in [6.45, 7) is 4.64. The first kappa shape index (κ1) is 32.5. The summed E-state index contributed by atoms with van der Waals surface area (Å²) in [5.74, 6) is 0. The fraction of sp³-hybridized carbons (Fsp3) is 0.0545. The second-order valence-electron chi connectivity index (χ2n) is 15.3. The van der Waals surface area contributed by atoms with Gasteiger partial charge in [-0.25, -0.2) is 0 Å². The number of aryl methyl sites for hydroxylation is 1. The van der Waals surface area contributed by atoms with Crippen molar-refractivity contribution in [2.24, 2.45) is 0 Å². The molecule has 1 heteroatoms. The van der Waals surface area contributed by atoms with E-state index < -0.39 is 5.41 Å². The third-order valence-corrected chi connectivity index (χ3v) is 12.4. The van der Waals surface area contributed by atoms with Gasteiger partial charge in [-0.15, -0.1) is 0 Å². The molecule has 0 saturated heterocycles. The highest BCUT2D eigenvalue weighted by atomic mass is 15.1. The summed E-state index contributed by atoms with van der Waals surface area (Å²) in [7, 11) is 0. The van der Waals surface area contributed by atoms with Crippen molar-refractivity contribution in [3.63, 3.8) is 0 Å². The van der Waals surface area contributed by atoms with E-state index in [0.717, 1.165) is 11.4 Å². The molecule has 0 saturated carbocycles. The first-order valence-corrected chi connectivity index (χ1v) is 19.6. The molecule has 2 aliphatic carbocycles. The highest BCUT2D eigenvalue weighted by molar-refractivity contribution is 6.02. The molecule has 0 unspecified atom stereocenters. The topological polar surface area (TPSA) is 3.24 Å². The molecular formula is C55H39N. The summed E-state index contributed by atoms with van der Waals surface area (Å²) < 4.78 is 0. The Morgan fingerprint density at radius 2 is 0.911 bits per heavy atom. The molecular weight excluding hydrogens is 675 g/mol. The van der Waals surface area contributed by atoms with Gasteiger partial charge < -0.3 is 4.90 Å². The molecule has 0 heterocycles. The molecule has 9 aromatic carbocycles. The van der Waals surface area contributed by atoms with Crippen LogP contribution in [0.25, 0.3) is 55.3 Å². The van der Waals surface area contributed by atoms with Crippen molar-refractivity contribution >= 4 is 27.8 Å². The minimum Gasteiger partial charge on any atom is -0.310 e. The van der Waals surface area contributed by atoms with Gasteiger partial charge in [0.15, 0.2) is 0 Å². The third kappa shape index (κ3) is 4.68. The van der Waals surface area contributed by atoms with E-state index in [2.05, 4.69) is 219 Å². The molecule has 0 amide bonds. The Labute approximate surface area is 328 Å². The Balaban J connectivity index is 1.18. The Morgan fingerprint density at radius 1 is 0.375 bits per heavy atom. The van der Waals surface area contributed by atoms with E-state index in [-0.39, 0.29) is 0 Å². The van der Waals surface area contributed by atoms with Crippen LogP contribution in [-0.4, -0.2) is 0 Å². The van der Waals surface area contributed by atoms with Gasteiger partial charge in [-0.3, -0.25) is 0 Å². The van der Waals surface area contributed by atoms with Crippen LogP contribution in [0.1, 0.15) is 33.4 Å². The predicted molar refractivity (Wildman–Crippen MR) is 235 cm³/mol. The van der Waals surface area contributed by atoms with Crippen LogP contribution in [0.2, 0.25) is 0 Å². The number of anilines is 3. The zero-order valence-electron chi connectivity index (χ0n) is 31.5. The predicted octanol–water partition coefficient (Wildman–Crippen LogP) is 14.6. The van der Waals surface area contributed by atoms with Crippen molar-refractivity contribution in [3.05, 3.63) is 234 Å². The van der Waals surface area contributed by atoms with E-state index in [4.69, 9.17) is 0 Å². The maximum Gasteiger partial charge on any atom is 0.0728 e. The first-order chi connectivity index (χ1) is 27.6. The molecule has 9 aromatic rings. The molecule has 11 rings (SSSR count). The van der Waals surface area contributed by atoms with Crippen LogP contribution in [-0.2, 0) is 5.41 Å². The van der Waals surface area contributed by atoms with Crippen molar-refractivity contribution in [2.45, 2.75) is 19.3 Å². The summed E-state index contributed by atoms with van der Waals surface area (Å²) in [6, 6.07) is 74.1. The van der Waals surface area contributed by atoms with Gasteiger partial charge in [-0.05, 0) is 133 Å². The van der Waals surface area contributed by atoms with Crippen molar-refractivity contribution in [1.82, 2.24) is 0 Å². The Bertz CT molecular complexity index is 2940. The molecule has 1 spiro atoms. The zero-order chi connectivity index (χ0) is 37.4. The van der Waals surface area contributed by atoms with E-state index in [9.17, 15) is 0 Å². The molecule has 0 N–H and O–H groups in total. The lowest BCUT2D eigenvalue weighted by Gasteiger charge is -2.34. The highest BCUT2D eigenvalue weighted by Crippen LogP contribution is 2.65. The van der Waals surface area contributed by atoms with Crippen LogP contribution in [0.15, 0.2) is 200 Å². The molecule has 0 aliphatic heterocycles. The fourth-order valence-electron chi connectivity index (χ4n) is 9.83. The molecule has 0 fully saturated rings. The van der Waals surface area contributed by atoms with Gasteiger partial charge >= 0.3 is 0 Å². The van der Waals surface area contributed by atoms with Gasteiger partial charge in [0, 0.05) is 16.9 Å². The molecule has 2 aliphatic rings. The van der Waals surface area contributed by atoms with Crippen LogP contribution in [0, 0.1) is 13.8 Å². The molecule has 0 atom stereocenters. The summed E-state index contributed by atoms with van der Waals surface area (Å²) in [6.07, 6.45) is 0. The SMILES string of the molecule is Cc1cc(N(c2ccc(-c3ccc4ccccc4c3)cc2)c2cccc(-c3ccccc3)c2)c2c(c1C)C1(c3ccccc3-c3ccccc31)c1ccccc1-2. The third-order valence-electron chi connectivity index (χ3n) is 12.4. The molecule has 0 radical (unpaired) electrons. The van der Waals surface area contributed by atoms with Crippen molar-refractivity contribution in [1.29, 1.82) is 0 Å². The van der Waals surface area contributed by atoms with Crippen LogP contribution in [0.3, 0.4) is 0 Å². The monoisotopic (exact) mass is 713 g/mol. The van der Waals surface area contributed by atoms with Crippen LogP contribution < -0.4 is 4.90 Å². The number of benzene rings is 9. The molecule has 0 bridgehead atoms. The molecule has 264 valence electrons. The lowest BCUT2D eigenvalue weighted by atomic mass is 9.69. The largest absolute Gasteiger partial charge is 0.310 e. The van der Waals surface area contributed by atoms with Gasteiger partial charge in [0.2, 0.25) is 0 Å². The average Bonchev–Trinajstić information content (AvgIpc) is 3.74. The van der Waals surface area contributed by atoms with Crippen LogP contribution >= 0.6 is 0 Å². The quantitative estimate of drug-likeness (QED) is 0.172. The second kappa shape index (κ2) is 12.5. The minimum absolute atomic E-state index is 0.429. The normalized spacial score (nSPS) is 13.0. The number of hydrogen-bond acceptors (Lipinski definition) is 1. The van der Waals surface area contributed by atoms with Crippen LogP contribution in [0.5, 0.6) is 0 Å². The maximum atomic E-state index is 2.50. The van der Waals surface area contributed by atoms with E-state index in [0.29, 0.717) is 0 Å². The highest BCUT2D eigenvalue weighted by Gasteiger charge is 2.53. The van der Waals surface area contributed by atoms with E-state index in [1.807, 2.05) is 0 Å². The molecule has 1 nitrogen and oxygen atoms in total. The van der Waals surface area contributed by atoms with Crippen molar-refractivity contribution < 1.29 is 0 Å². The van der Waals surface area contributed by atoms with Crippen LogP contribution in [0.4, 0.5) is 17.1 Å². The standard InChI is InChI=1S/C55H39N/c1-36-33-52(53-48-23-10-13-26-51(48)55(54(53)37(36)2)49-24-11-8-21-46(49)47-22-9-12-25-50(47)55)56(45-20-14-19-42(35-45)38-15-4-3-5-16-38)44-31-29-40(30-32-44)43-28-27-39-17-6-7-18-41(39)34-43/h3-35H,1-2H3. The lowest BCUT2D eigenvalue weighted by molar-refractivity contribution is 0.784. The smallest absolute Gasteiger partial charge is 0.0728 e. The maximum absolute atomic E-state index is 2.50. The molecule has 56 heavy (non-hydrogen) atoms. The van der Waals surface area contributed by atoms with Gasteiger partial charge in [-0.1, -0.05) is 164 Å². The summed E-state index contributed by atoms with van der Waals surface area (Å²) >= 11 is 0. The Hall–Kier alpha value is -6.96.